The molecule has 0 radical (unpaired) electrons. The van der Waals surface area contributed by atoms with Gasteiger partial charge in [-0.25, -0.2) is 4.79 Å². The lowest BCUT2D eigenvalue weighted by Crippen LogP contribution is -2.66. The van der Waals surface area contributed by atoms with E-state index in [1.165, 1.54) is 24.9 Å². The number of benzene rings is 3. The highest BCUT2D eigenvalue weighted by Gasteiger charge is 2.55. The van der Waals surface area contributed by atoms with E-state index in [0.29, 0.717) is 37.1 Å². The van der Waals surface area contributed by atoms with Gasteiger partial charge in [-0.05, 0) is 47.0 Å². The second kappa shape index (κ2) is 14.5. The predicted molar refractivity (Wildman–Crippen MR) is 191 cm³/mol. The highest BCUT2D eigenvalue weighted by Crippen LogP contribution is 2.49. The van der Waals surface area contributed by atoms with Crippen LogP contribution in [0, 0.1) is 0 Å². The van der Waals surface area contributed by atoms with Gasteiger partial charge in [0.1, 0.15) is 22.2 Å². The Kier molecular flexibility index (Phi) is 10.6. The largest absolute Gasteiger partial charge is 0.465 e. The van der Waals surface area contributed by atoms with Crippen LogP contribution in [0.1, 0.15) is 73.1 Å². The van der Waals surface area contributed by atoms with Crippen LogP contribution in [0.3, 0.4) is 0 Å². The van der Waals surface area contributed by atoms with Crippen LogP contribution in [-0.2, 0) is 18.7 Å². The van der Waals surface area contributed by atoms with Crippen molar-refractivity contribution in [2.45, 2.75) is 67.2 Å². The van der Waals surface area contributed by atoms with E-state index in [1.807, 2.05) is 49.4 Å². The molecule has 0 N–H and O–H groups in total. The van der Waals surface area contributed by atoms with Gasteiger partial charge in [0.2, 0.25) is 0 Å². The topological polar surface area (TPSA) is 92.0 Å². The van der Waals surface area contributed by atoms with E-state index in [0.717, 1.165) is 15.3 Å². The Morgan fingerprint density at radius 1 is 1.02 bits per heavy atom. The average Bonchev–Trinajstić information content (AvgIpc) is 3.64. The lowest BCUT2D eigenvalue weighted by atomic mass is 9.87. The third kappa shape index (κ3) is 6.85. The quantitative estimate of drug-likeness (QED) is 0.0626. The Hall–Kier alpha value is -4.18. The van der Waals surface area contributed by atoms with Crippen LogP contribution >= 0.6 is 11.8 Å². The second-order valence-corrected chi connectivity index (χ2v) is 18.9. The number of hydrogen-bond acceptors (Lipinski definition) is 8. The Bertz CT molecular complexity index is 1710. The van der Waals surface area contributed by atoms with Gasteiger partial charge >= 0.3 is 11.9 Å². The van der Waals surface area contributed by atoms with Gasteiger partial charge in [-0.15, -0.1) is 11.8 Å². The van der Waals surface area contributed by atoms with Crippen molar-refractivity contribution in [1.29, 1.82) is 0 Å². The summed E-state index contributed by atoms with van der Waals surface area (Å²) in [6.45, 7) is 13.0. The van der Waals surface area contributed by atoms with E-state index in [4.69, 9.17) is 18.3 Å². The van der Waals surface area contributed by atoms with Crippen molar-refractivity contribution in [3.05, 3.63) is 126 Å². The van der Waals surface area contributed by atoms with Crippen LogP contribution in [0.5, 0.6) is 0 Å². The maximum Gasteiger partial charge on any atom is 0.341 e. The van der Waals surface area contributed by atoms with Crippen molar-refractivity contribution in [2.75, 3.05) is 13.7 Å². The van der Waals surface area contributed by atoms with E-state index in [2.05, 4.69) is 75.9 Å². The first kappa shape index (κ1) is 35.1. The molecule has 0 aliphatic carbocycles. The molecular formula is C39H42O7SSi. The maximum absolute atomic E-state index is 14.2. The van der Waals surface area contributed by atoms with Crippen molar-refractivity contribution in [2.24, 2.45) is 0 Å². The zero-order valence-electron chi connectivity index (χ0n) is 28.1. The van der Waals surface area contributed by atoms with Gasteiger partial charge < -0.3 is 18.3 Å². The summed E-state index contributed by atoms with van der Waals surface area (Å²) in [5.41, 5.74) is 0.682. The molecule has 0 spiro atoms. The zero-order chi connectivity index (χ0) is 34.5. The van der Waals surface area contributed by atoms with Crippen LogP contribution in [-0.4, -0.2) is 51.1 Å². The molecule has 1 saturated heterocycles. The molecule has 0 saturated carbocycles. The van der Waals surface area contributed by atoms with Gasteiger partial charge in [0.25, 0.3) is 8.32 Å². The summed E-state index contributed by atoms with van der Waals surface area (Å²) in [6.07, 6.45) is 0.539. The molecule has 250 valence electrons. The molecule has 1 aromatic heterocycles. The number of rotatable bonds is 13. The highest BCUT2D eigenvalue weighted by atomic mass is 32.2. The molecule has 3 atom stereocenters. The summed E-state index contributed by atoms with van der Waals surface area (Å²) in [5.74, 6) is -1.47. The molecular weight excluding hydrogens is 641 g/mol. The third-order valence-electron chi connectivity index (χ3n) is 8.96. The molecule has 9 heteroatoms. The fourth-order valence-electron chi connectivity index (χ4n) is 6.74. The standard InChI is InChI=1S/C39H42O7SSi/c1-27(2)35(32-24-31(36(41)43-6)34(26-40)45-32)33-25-39(37(42)46-33,47-28-16-10-7-11-17-28)22-23-44-48(38(3,4)5,29-18-12-8-13-19-29)30-20-14-9-15-21-30/h7-21,24,26,33,35H,1,22-23,25H2,2-6H3. The number of hydrogen-bond donors (Lipinski definition) is 0. The minimum Gasteiger partial charge on any atom is -0.465 e. The Balaban J connectivity index is 1.52. The number of furan rings is 1. The van der Waals surface area contributed by atoms with E-state index in [-0.39, 0.29) is 22.3 Å². The van der Waals surface area contributed by atoms with Crippen molar-refractivity contribution in [3.63, 3.8) is 0 Å². The van der Waals surface area contributed by atoms with Crippen LogP contribution < -0.4 is 10.4 Å². The molecule has 48 heavy (non-hydrogen) atoms. The van der Waals surface area contributed by atoms with Crippen molar-refractivity contribution in [3.8, 4) is 0 Å². The van der Waals surface area contributed by atoms with Crippen LogP contribution in [0.2, 0.25) is 5.04 Å². The summed E-state index contributed by atoms with van der Waals surface area (Å²) < 4.78 is 23.1. The molecule has 7 nitrogen and oxygen atoms in total. The molecule has 2 heterocycles. The van der Waals surface area contributed by atoms with Gasteiger partial charge in [0, 0.05) is 17.9 Å². The van der Waals surface area contributed by atoms with Gasteiger partial charge in [0.15, 0.2) is 12.0 Å². The number of esters is 2. The summed E-state index contributed by atoms with van der Waals surface area (Å²) in [4.78, 5) is 39.3. The third-order valence-corrected chi connectivity index (χ3v) is 15.4. The Morgan fingerprint density at radius 2 is 1.58 bits per heavy atom. The average molecular weight is 683 g/mol. The van der Waals surface area contributed by atoms with Gasteiger partial charge in [-0.3, -0.25) is 9.59 Å². The van der Waals surface area contributed by atoms with Gasteiger partial charge in [-0.1, -0.05) is 112 Å². The number of cyclic esters (lactones) is 1. The van der Waals surface area contributed by atoms with Gasteiger partial charge in [-0.2, -0.15) is 0 Å². The monoisotopic (exact) mass is 682 g/mol. The van der Waals surface area contributed by atoms with E-state index < -0.39 is 31.1 Å². The molecule has 3 aromatic carbocycles. The minimum atomic E-state index is -2.87. The normalized spacial score (nSPS) is 18.6. The van der Waals surface area contributed by atoms with Crippen molar-refractivity contribution >= 4 is 48.7 Å². The maximum atomic E-state index is 14.2. The van der Waals surface area contributed by atoms with Crippen LogP contribution in [0.15, 0.2) is 119 Å². The molecule has 0 bridgehead atoms. The number of aldehydes is 1. The lowest BCUT2D eigenvalue weighted by Gasteiger charge is -2.43. The first-order valence-electron chi connectivity index (χ1n) is 16.0. The molecule has 1 aliphatic heterocycles. The molecule has 4 aromatic rings. The summed E-state index contributed by atoms with van der Waals surface area (Å²) in [6, 6.07) is 32.1. The number of ether oxygens (including phenoxy) is 2. The fourth-order valence-corrected chi connectivity index (χ4v) is 12.6. The van der Waals surface area contributed by atoms with Gasteiger partial charge in [0.05, 0.1) is 13.0 Å². The summed E-state index contributed by atoms with van der Waals surface area (Å²) in [5, 5.41) is 2.09. The van der Waals surface area contributed by atoms with Crippen molar-refractivity contribution in [1.82, 2.24) is 0 Å². The van der Waals surface area contributed by atoms with Crippen LogP contribution in [0.25, 0.3) is 0 Å². The van der Waals surface area contributed by atoms with Crippen LogP contribution in [0.4, 0.5) is 0 Å². The lowest BCUT2D eigenvalue weighted by molar-refractivity contribution is -0.144. The number of thioether (sulfide) groups is 1. The van der Waals surface area contributed by atoms with Crippen molar-refractivity contribution < 1.29 is 32.7 Å². The Labute approximate surface area is 287 Å². The van der Waals surface area contributed by atoms with E-state index in [9.17, 15) is 14.4 Å². The number of methoxy groups -OCH3 is 1. The smallest absolute Gasteiger partial charge is 0.341 e. The predicted octanol–water partition coefficient (Wildman–Crippen LogP) is 7.35. The fraction of sp³-hybridized carbons (Fsp3) is 0.308. The molecule has 3 unspecified atom stereocenters. The minimum absolute atomic E-state index is 0.0155. The Morgan fingerprint density at radius 3 is 2.08 bits per heavy atom. The highest BCUT2D eigenvalue weighted by molar-refractivity contribution is 8.01. The summed E-state index contributed by atoms with van der Waals surface area (Å²) in [7, 11) is -1.63. The second-order valence-electron chi connectivity index (χ2n) is 13.2. The number of carbonyl (C=O) groups is 3. The number of carbonyl (C=O) groups excluding carboxylic acids is 3. The summed E-state index contributed by atoms with van der Waals surface area (Å²) >= 11 is 1.48. The molecule has 1 aliphatic rings. The van der Waals surface area contributed by atoms with E-state index >= 15 is 0 Å². The molecule has 0 amide bonds. The molecule has 5 rings (SSSR count). The first-order valence-corrected chi connectivity index (χ1v) is 18.7. The molecule has 1 fully saturated rings. The SMILES string of the molecule is C=C(C)C(c1cc(C(=O)OC)c(C=O)o1)C1CC(CCO[Si](c2ccccc2)(c2ccccc2)C(C)(C)C)(Sc2ccccc2)C(=O)O1. The van der Waals surface area contributed by atoms with E-state index in [1.54, 1.807) is 0 Å². The first-order chi connectivity index (χ1) is 23.0. The zero-order valence-corrected chi connectivity index (χ0v) is 29.9.